The molecule has 1 aromatic carbocycles. The van der Waals surface area contributed by atoms with E-state index in [9.17, 15) is 4.79 Å². The van der Waals surface area contributed by atoms with Gasteiger partial charge in [-0.15, -0.1) is 0 Å². The molecule has 2 heterocycles. The fourth-order valence-corrected chi connectivity index (χ4v) is 3.97. The van der Waals surface area contributed by atoms with Crippen molar-refractivity contribution in [2.45, 2.75) is 25.7 Å². The SMILES string of the molecule is COc1cc2nc(N3CCN(C(=O)C=C4CCCC4)CC3)nc(N)c2cc1OC. The topological polar surface area (TPSA) is 93.8 Å². The second-order valence-electron chi connectivity index (χ2n) is 7.46. The zero-order chi connectivity index (χ0) is 20.4. The predicted molar refractivity (Wildman–Crippen MR) is 112 cm³/mol. The Balaban J connectivity index is 1.50. The van der Waals surface area contributed by atoms with Crippen LogP contribution in [0, 0.1) is 0 Å². The number of rotatable bonds is 4. The van der Waals surface area contributed by atoms with Crippen molar-refractivity contribution < 1.29 is 14.3 Å². The van der Waals surface area contributed by atoms with Crippen molar-refractivity contribution in [3.8, 4) is 11.5 Å². The fraction of sp³-hybridized carbons (Fsp3) is 0.476. The van der Waals surface area contributed by atoms with Crippen LogP contribution >= 0.6 is 0 Å². The molecule has 1 saturated carbocycles. The normalized spacial score (nSPS) is 17.0. The molecule has 0 bridgehead atoms. The lowest BCUT2D eigenvalue weighted by atomic mass is 10.2. The number of allylic oxidation sites excluding steroid dienone is 1. The second kappa shape index (κ2) is 8.14. The number of methoxy groups -OCH3 is 2. The molecule has 2 aromatic rings. The molecule has 154 valence electrons. The molecule has 1 saturated heterocycles. The van der Waals surface area contributed by atoms with Crippen LogP contribution < -0.4 is 20.1 Å². The van der Waals surface area contributed by atoms with E-state index in [2.05, 4.69) is 14.9 Å². The number of nitrogens with zero attached hydrogens (tertiary/aromatic N) is 4. The Kier molecular flexibility index (Phi) is 5.42. The highest BCUT2D eigenvalue weighted by atomic mass is 16.5. The van der Waals surface area contributed by atoms with E-state index < -0.39 is 0 Å². The molecule has 0 unspecified atom stereocenters. The molecule has 2 aliphatic rings. The van der Waals surface area contributed by atoms with Crippen LogP contribution in [0.5, 0.6) is 11.5 Å². The molecule has 29 heavy (non-hydrogen) atoms. The Morgan fingerprint density at radius 2 is 1.69 bits per heavy atom. The van der Waals surface area contributed by atoms with Crippen LogP contribution in [-0.2, 0) is 4.79 Å². The van der Waals surface area contributed by atoms with Crippen molar-refractivity contribution in [1.82, 2.24) is 14.9 Å². The highest BCUT2D eigenvalue weighted by Crippen LogP contribution is 2.34. The van der Waals surface area contributed by atoms with Gasteiger partial charge in [-0.2, -0.15) is 4.98 Å². The summed E-state index contributed by atoms with van der Waals surface area (Å²) in [6, 6.07) is 3.60. The number of hydrogen-bond acceptors (Lipinski definition) is 7. The zero-order valence-electron chi connectivity index (χ0n) is 17.0. The third-order valence-electron chi connectivity index (χ3n) is 5.67. The fourth-order valence-electron chi connectivity index (χ4n) is 3.97. The molecule has 1 aliphatic carbocycles. The van der Waals surface area contributed by atoms with Gasteiger partial charge in [0.15, 0.2) is 11.5 Å². The van der Waals surface area contributed by atoms with Crippen LogP contribution in [-0.4, -0.2) is 61.2 Å². The van der Waals surface area contributed by atoms with Crippen molar-refractivity contribution in [3.63, 3.8) is 0 Å². The summed E-state index contributed by atoms with van der Waals surface area (Å²) >= 11 is 0. The van der Waals surface area contributed by atoms with Crippen LogP contribution in [0.1, 0.15) is 25.7 Å². The van der Waals surface area contributed by atoms with Gasteiger partial charge in [0.2, 0.25) is 11.9 Å². The maximum absolute atomic E-state index is 12.5. The van der Waals surface area contributed by atoms with Gasteiger partial charge in [-0.3, -0.25) is 4.79 Å². The summed E-state index contributed by atoms with van der Waals surface area (Å²) in [7, 11) is 3.17. The standard InChI is InChI=1S/C21H27N5O3/c1-28-17-12-15-16(13-18(17)29-2)23-21(24-20(15)22)26-9-7-25(8-10-26)19(27)11-14-5-3-4-6-14/h11-13H,3-10H2,1-2H3,(H2,22,23,24). The molecule has 8 nitrogen and oxygen atoms in total. The maximum Gasteiger partial charge on any atom is 0.246 e. The van der Waals surface area contributed by atoms with Crippen molar-refractivity contribution in [3.05, 3.63) is 23.8 Å². The van der Waals surface area contributed by atoms with Gasteiger partial charge in [0.25, 0.3) is 0 Å². The third-order valence-corrected chi connectivity index (χ3v) is 5.67. The quantitative estimate of drug-likeness (QED) is 0.792. The van der Waals surface area contributed by atoms with E-state index in [1.54, 1.807) is 20.3 Å². The summed E-state index contributed by atoms with van der Waals surface area (Å²) in [6.45, 7) is 2.64. The number of aromatic nitrogens is 2. The lowest BCUT2D eigenvalue weighted by Gasteiger charge is -2.34. The minimum atomic E-state index is 0.123. The summed E-state index contributed by atoms with van der Waals surface area (Å²) in [4.78, 5) is 25.7. The summed E-state index contributed by atoms with van der Waals surface area (Å²) in [5.41, 5.74) is 8.19. The molecule has 4 rings (SSSR count). The summed E-state index contributed by atoms with van der Waals surface area (Å²) in [5.74, 6) is 2.28. The number of carbonyl (C=O) groups is 1. The first kappa shape index (κ1) is 19.3. The Bertz CT molecular complexity index is 943. The number of amides is 1. The van der Waals surface area contributed by atoms with Gasteiger partial charge < -0.3 is 25.0 Å². The van der Waals surface area contributed by atoms with Crippen molar-refractivity contribution >= 4 is 28.6 Å². The van der Waals surface area contributed by atoms with E-state index in [0.717, 1.165) is 18.2 Å². The zero-order valence-corrected chi connectivity index (χ0v) is 17.0. The molecule has 2 fully saturated rings. The lowest BCUT2D eigenvalue weighted by molar-refractivity contribution is -0.126. The van der Waals surface area contributed by atoms with Crippen molar-refractivity contribution in [2.24, 2.45) is 0 Å². The lowest BCUT2D eigenvalue weighted by Crippen LogP contribution is -2.49. The number of ether oxygens (including phenoxy) is 2. The van der Waals surface area contributed by atoms with Gasteiger partial charge in [-0.25, -0.2) is 4.98 Å². The first-order valence-electron chi connectivity index (χ1n) is 10.0. The minimum absolute atomic E-state index is 0.123. The smallest absolute Gasteiger partial charge is 0.246 e. The van der Waals surface area contributed by atoms with E-state index in [1.807, 2.05) is 17.0 Å². The number of fused-ring (bicyclic) bond motifs is 1. The number of anilines is 2. The van der Waals surface area contributed by atoms with Gasteiger partial charge in [-0.05, 0) is 31.7 Å². The van der Waals surface area contributed by atoms with Crippen molar-refractivity contribution in [2.75, 3.05) is 51.0 Å². The van der Waals surface area contributed by atoms with E-state index in [1.165, 1.54) is 18.4 Å². The first-order valence-corrected chi connectivity index (χ1v) is 10.0. The van der Waals surface area contributed by atoms with Crippen LogP contribution in [0.3, 0.4) is 0 Å². The summed E-state index contributed by atoms with van der Waals surface area (Å²) < 4.78 is 10.7. The predicted octanol–water partition coefficient (Wildman–Crippen LogP) is 2.38. The third kappa shape index (κ3) is 3.92. The molecule has 0 atom stereocenters. The molecular weight excluding hydrogens is 370 g/mol. The van der Waals surface area contributed by atoms with Gasteiger partial charge in [-0.1, -0.05) is 5.57 Å². The molecule has 1 aromatic heterocycles. The van der Waals surface area contributed by atoms with Crippen LogP contribution in [0.2, 0.25) is 0 Å². The number of nitrogens with two attached hydrogens (primary N) is 1. The monoisotopic (exact) mass is 397 g/mol. The van der Waals surface area contributed by atoms with E-state index in [-0.39, 0.29) is 5.91 Å². The largest absolute Gasteiger partial charge is 0.493 e. The van der Waals surface area contributed by atoms with Crippen LogP contribution in [0.25, 0.3) is 10.9 Å². The van der Waals surface area contributed by atoms with E-state index in [4.69, 9.17) is 15.2 Å². The first-order chi connectivity index (χ1) is 14.1. The summed E-state index contributed by atoms with van der Waals surface area (Å²) in [5, 5.41) is 0.725. The molecule has 1 amide bonds. The van der Waals surface area contributed by atoms with Crippen LogP contribution in [0.4, 0.5) is 11.8 Å². The average Bonchev–Trinajstić information content (AvgIpc) is 3.25. The Hall–Kier alpha value is -3.03. The van der Waals surface area contributed by atoms with Gasteiger partial charge >= 0.3 is 0 Å². The maximum atomic E-state index is 12.5. The Morgan fingerprint density at radius 3 is 2.34 bits per heavy atom. The molecule has 0 spiro atoms. The Morgan fingerprint density at radius 1 is 1.03 bits per heavy atom. The molecular formula is C21H27N5O3. The highest BCUT2D eigenvalue weighted by molar-refractivity contribution is 5.92. The minimum Gasteiger partial charge on any atom is -0.493 e. The number of piperazine rings is 1. The number of benzene rings is 1. The average molecular weight is 397 g/mol. The summed E-state index contributed by atoms with van der Waals surface area (Å²) in [6.07, 6.45) is 6.36. The number of nitrogen functional groups attached to an aromatic ring is 1. The van der Waals surface area contributed by atoms with Crippen LogP contribution in [0.15, 0.2) is 23.8 Å². The Labute approximate surface area is 170 Å². The molecule has 8 heteroatoms. The van der Waals surface area contributed by atoms with Gasteiger partial charge in [0, 0.05) is 43.7 Å². The number of hydrogen-bond donors (Lipinski definition) is 1. The number of carbonyl (C=O) groups excluding carboxylic acids is 1. The second-order valence-corrected chi connectivity index (χ2v) is 7.46. The molecule has 2 N–H and O–H groups in total. The van der Waals surface area contributed by atoms with E-state index >= 15 is 0 Å². The highest BCUT2D eigenvalue weighted by Gasteiger charge is 2.23. The molecule has 1 aliphatic heterocycles. The van der Waals surface area contributed by atoms with E-state index in [0.29, 0.717) is 55.0 Å². The van der Waals surface area contributed by atoms with Gasteiger partial charge in [0.1, 0.15) is 5.82 Å². The van der Waals surface area contributed by atoms with Gasteiger partial charge in [0.05, 0.1) is 19.7 Å². The van der Waals surface area contributed by atoms with Crippen molar-refractivity contribution in [1.29, 1.82) is 0 Å². The molecule has 0 radical (unpaired) electrons.